The van der Waals surface area contributed by atoms with E-state index in [2.05, 4.69) is 187 Å². The molecule has 79 heavy (non-hydrogen) atoms. The predicted octanol–water partition coefficient (Wildman–Crippen LogP) is 23.1. The molecule has 2 aliphatic rings. The molecule has 420 valence electrons. The summed E-state index contributed by atoms with van der Waals surface area (Å²) in [5, 5.41) is 2.41. The second kappa shape index (κ2) is 29.0. The Hall–Kier alpha value is -3.70. The van der Waals surface area contributed by atoms with Gasteiger partial charge in [0.05, 0.1) is 0 Å². The van der Waals surface area contributed by atoms with Crippen LogP contribution in [0.2, 0.25) is 13.3 Å². The van der Waals surface area contributed by atoms with E-state index in [4.69, 9.17) is 0 Å². The SMILES string of the molecule is CCCCCCc1ccc(C2(c3ccc(CCCCCC)cc3)c3cc4c(cc3-c3sccc32)C(c2ccc(CCCCCC)cc2)(c2ccc(CCCCCC)cc2)c2c[c]([Sn]([CH2]CCC)([CH2]CCC)[CH2]CCC)sc2-4)cc1. The molecular formula is C76H100S2Sn. The average Bonchev–Trinajstić information content (AvgIpc) is 3.06. The molecule has 0 atom stereocenters. The van der Waals surface area contributed by atoms with Gasteiger partial charge in [0.25, 0.3) is 0 Å². The van der Waals surface area contributed by atoms with Crippen LogP contribution in [0.4, 0.5) is 0 Å². The van der Waals surface area contributed by atoms with Gasteiger partial charge in [0, 0.05) is 0 Å². The molecule has 3 heteroatoms. The van der Waals surface area contributed by atoms with Crippen molar-refractivity contribution in [2.24, 2.45) is 0 Å². The van der Waals surface area contributed by atoms with Gasteiger partial charge in [0.2, 0.25) is 0 Å². The van der Waals surface area contributed by atoms with Crippen LogP contribution in [0.15, 0.2) is 127 Å². The van der Waals surface area contributed by atoms with E-state index in [1.165, 1.54) is 232 Å². The van der Waals surface area contributed by atoms with E-state index in [0.717, 1.165) is 25.7 Å². The fourth-order valence-electron chi connectivity index (χ4n) is 14.4. The third-order valence-corrected chi connectivity index (χ3v) is 39.4. The first kappa shape index (κ1) is 59.9. The van der Waals surface area contributed by atoms with Gasteiger partial charge in [-0.1, -0.05) is 79.1 Å². The fourth-order valence-corrected chi connectivity index (χ4v) is 35.7. The summed E-state index contributed by atoms with van der Waals surface area (Å²) in [6, 6.07) is 51.6. The predicted molar refractivity (Wildman–Crippen MR) is 353 cm³/mol. The van der Waals surface area contributed by atoms with E-state index in [1.807, 2.05) is 14.2 Å². The van der Waals surface area contributed by atoms with Gasteiger partial charge in [-0.3, -0.25) is 0 Å². The molecule has 0 saturated carbocycles. The van der Waals surface area contributed by atoms with Gasteiger partial charge >= 0.3 is 406 Å². The van der Waals surface area contributed by atoms with E-state index < -0.39 is 29.2 Å². The molecule has 0 radical (unpaired) electrons. The Labute approximate surface area is 494 Å². The molecule has 2 heterocycles. The standard InChI is InChI=1S/C64H73S2.3C4H9.Sn/c1-5-9-13-17-21-47-25-33-51(34-26-47)63(52-35-27-48(28-36-52)22-18-14-10-6-2)57-41-43-65-61(57)55-46-60-56(45-59(55)63)62-58(42-44-66-62)64(60,53-37-29-49(30-38-53)23-19-15-11-7-3)54-39-31-50(32-40-54)24-20-16-12-8-4;3*1-3-4-2;/h25-43,45-46H,5-24H2,1-4H3;3*1,3-4H2,2H3;. The van der Waals surface area contributed by atoms with Crippen molar-refractivity contribution >= 4 is 43.9 Å². The molecule has 0 unspecified atom stereocenters. The molecule has 0 N–H and O–H groups in total. The number of benzene rings is 5. The summed E-state index contributed by atoms with van der Waals surface area (Å²) < 4.78 is 6.32. The minimum atomic E-state index is -2.95. The van der Waals surface area contributed by atoms with Crippen LogP contribution in [-0.2, 0) is 36.5 Å². The van der Waals surface area contributed by atoms with Crippen LogP contribution in [0.1, 0.15) is 256 Å². The molecule has 0 fully saturated rings. The molecule has 0 nitrogen and oxygen atoms in total. The van der Waals surface area contributed by atoms with Gasteiger partial charge in [0.15, 0.2) is 0 Å². The summed E-state index contributed by atoms with van der Waals surface area (Å²) in [6.45, 7) is 16.6. The number of hydrogen-bond donors (Lipinski definition) is 0. The van der Waals surface area contributed by atoms with E-state index in [-0.39, 0.29) is 0 Å². The van der Waals surface area contributed by atoms with Crippen molar-refractivity contribution in [3.63, 3.8) is 0 Å². The van der Waals surface area contributed by atoms with Crippen molar-refractivity contribution in [1.82, 2.24) is 0 Å². The first-order chi connectivity index (χ1) is 38.9. The van der Waals surface area contributed by atoms with Crippen molar-refractivity contribution in [2.45, 2.75) is 240 Å². The Balaban J connectivity index is 1.31. The topological polar surface area (TPSA) is 0 Å². The molecule has 0 spiro atoms. The molecule has 0 bridgehead atoms. The Morgan fingerprint density at radius 3 is 0.987 bits per heavy atom. The second-order valence-electron chi connectivity index (χ2n) is 24.6. The van der Waals surface area contributed by atoms with Crippen LogP contribution < -0.4 is 2.89 Å². The molecule has 5 aromatic carbocycles. The first-order valence-corrected chi connectivity index (χ1v) is 41.8. The summed E-state index contributed by atoms with van der Waals surface area (Å²) in [5.41, 5.74) is 19.7. The van der Waals surface area contributed by atoms with Gasteiger partial charge in [-0.05, 0) is 12.8 Å². The van der Waals surface area contributed by atoms with Crippen LogP contribution >= 0.6 is 22.7 Å². The molecule has 9 rings (SSSR count). The maximum atomic E-state index is 2.92. The minimum absolute atomic E-state index is 0.433. The molecule has 2 aliphatic carbocycles. The third kappa shape index (κ3) is 12.6. The van der Waals surface area contributed by atoms with Crippen molar-refractivity contribution < 1.29 is 0 Å². The molecule has 0 aliphatic heterocycles. The zero-order valence-electron chi connectivity index (χ0n) is 50.4. The first-order valence-electron chi connectivity index (χ1n) is 32.7. The summed E-state index contributed by atoms with van der Waals surface area (Å²) >= 11 is 1.32. The van der Waals surface area contributed by atoms with Gasteiger partial charge in [0.1, 0.15) is 0 Å². The van der Waals surface area contributed by atoms with Crippen LogP contribution in [-0.4, -0.2) is 18.4 Å². The summed E-state index contributed by atoms with van der Waals surface area (Å²) in [7, 11) is 0. The van der Waals surface area contributed by atoms with E-state index >= 15 is 0 Å². The van der Waals surface area contributed by atoms with E-state index in [9.17, 15) is 0 Å². The fraction of sp³-hybridized carbons (Fsp3) is 0.500. The third-order valence-electron chi connectivity index (χ3n) is 19.0. The van der Waals surface area contributed by atoms with Crippen LogP contribution in [0.5, 0.6) is 0 Å². The second-order valence-corrected chi connectivity index (χ2v) is 40.7. The van der Waals surface area contributed by atoms with Gasteiger partial charge in [-0.25, -0.2) is 0 Å². The van der Waals surface area contributed by atoms with Gasteiger partial charge in [-0.15, -0.1) is 0 Å². The monoisotopic (exact) mass is 1200 g/mol. The molecule has 0 amide bonds. The van der Waals surface area contributed by atoms with Crippen molar-refractivity contribution in [2.75, 3.05) is 0 Å². The van der Waals surface area contributed by atoms with Crippen LogP contribution in [0.25, 0.3) is 20.9 Å². The maximum absolute atomic E-state index is 2.95. The number of hydrogen-bond acceptors (Lipinski definition) is 2. The summed E-state index contributed by atoms with van der Waals surface area (Å²) in [6.07, 6.45) is 33.3. The normalized spacial score (nSPS) is 13.9. The number of thiophene rings is 2. The van der Waals surface area contributed by atoms with Gasteiger partial charge in [-0.2, -0.15) is 0 Å². The van der Waals surface area contributed by atoms with Crippen molar-refractivity contribution in [3.05, 3.63) is 193 Å². The number of unbranched alkanes of at least 4 members (excludes halogenated alkanes) is 15. The van der Waals surface area contributed by atoms with Gasteiger partial charge < -0.3 is 0 Å². The van der Waals surface area contributed by atoms with Crippen molar-refractivity contribution in [1.29, 1.82) is 0 Å². The molecule has 2 aromatic heterocycles. The summed E-state index contributed by atoms with van der Waals surface area (Å²) in [4.78, 5) is 3.02. The average molecular weight is 1200 g/mol. The number of fused-ring (bicyclic) bond motifs is 6. The van der Waals surface area contributed by atoms with E-state index in [0.29, 0.717) is 0 Å². The summed E-state index contributed by atoms with van der Waals surface area (Å²) in [5.74, 6) is 0. The Morgan fingerprint density at radius 1 is 0.316 bits per heavy atom. The quantitative estimate of drug-likeness (QED) is 0.0279. The van der Waals surface area contributed by atoms with Crippen LogP contribution in [0.3, 0.4) is 0 Å². The molecule has 0 saturated heterocycles. The molecular weight excluding hydrogens is 1100 g/mol. The zero-order chi connectivity index (χ0) is 55.1. The van der Waals surface area contributed by atoms with Crippen LogP contribution in [0, 0.1) is 0 Å². The number of aryl methyl sites for hydroxylation is 4. The van der Waals surface area contributed by atoms with E-state index in [1.54, 1.807) is 10.4 Å². The Morgan fingerprint density at radius 2 is 0.646 bits per heavy atom. The zero-order valence-corrected chi connectivity index (χ0v) is 54.9. The molecule has 7 aromatic rings. The Kier molecular flexibility index (Phi) is 22.0. The van der Waals surface area contributed by atoms with Crippen molar-refractivity contribution in [3.8, 4) is 20.9 Å². The number of rotatable bonds is 34. The Bertz CT molecular complexity index is 2810.